The van der Waals surface area contributed by atoms with Crippen molar-refractivity contribution in [1.82, 2.24) is 0 Å². The van der Waals surface area contributed by atoms with E-state index >= 15 is 0 Å². The summed E-state index contributed by atoms with van der Waals surface area (Å²) >= 11 is 6.02. The Labute approximate surface area is 181 Å². The summed E-state index contributed by atoms with van der Waals surface area (Å²) in [7, 11) is 1.63. The number of rotatable bonds is 6. The number of oxime groups is 1. The Hall–Kier alpha value is -3.11. The van der Waals surface area contributed by atoms with E-state index in [1.54, 1.807) is 19.2 Å². The van der Waals surface area contributed by atoms with Gasteiger partial charge in [-0.15, -0.1) is 0 Å². The number of hydrogen-bond acceptors (Lipinski definition) is 4. The minimum atomic E-state index is -0.468. The first kappa shape index (κ1) is 20.2. The molecule has 2 atom stereocenters. The summed E-state index contributed by atoms with van der Waals surface area (Å²) in [5.41, 5.74) is 4.43. The lowest BCUT2D eigenvalue weighted by Gasteiger charge is -2.08. The molecule has 0 spiro atoms. The van der Waals surface area contributed by atoms with Crippen LogP contribution in [0.3, 0.4) is 0 Å². The van der Waals surface area contributed by atoms with Gasteiger partial charge in [-0.3, -0.25) is 0 Å². The standard InChI is InChI=1S/C25H22ClNO3/c1-16-3-5-19(6-4-16)25(28)30-27-24(18-9-13-21(29-2)14-10-18)23-15-22(23)17-7-11-20(26)12-8-17/h3-14,22-23H,15H2,1-2H3/b27-24-/t22-,23+/m1/s1. The number of ether oxygens (including phenoxy) is 1. The average Bonchev–Trinajstić information content (AvgIpc) is 3.56. The lowest BCUT2D eigenvalue weighted by atomic mass is 10.0. The summed E-state index contributed by atoms with van der Waals surface area (Å²) in [6.45, 7) is 1.97. The minimum absolute atomic E-state index is 0.172. The molecule has 0 aliphatic heterocycles. The second kappa shape index (κ2) is 8.72. The van der Waals surface area contributed by atoms with Crippen molar-refractivity contribution in [3.63, 3.8) is 0 Å². The van der Waals surface area contributed by atoms with E-state index in [-0.39, 0.29) is 5.92 Å². The van der Waals surface area contributed by atoms with Gasteiger partial charge in [0, 0.05) is 10.9 Å². The van der Waals surface area contributed by atoms with Crippen molar-refractivity contribution in [2.75, 3.05) is 7.11 Å². The average molecular weight is 420 g/mol. The molecular weight excluding hydrogens is 398 g/mol. The molecule has 3 aromatic rings. The Bertz CT molecular complexity index is 1060. The molecule has 0 heterocycles. The SMILES string of the molecule is COc1ccc(/C(=N/OC(=O)c2ccc(C)cc2)[C@H]2C[C@@H]2c2ccc(Cl)cc2)cc1. The molecule has 0 unspecified atom stereocenters. The second-order valence-electron chi connectivity index (χ2n) is 7.45. The quantitative estimate of drug-likeness (QED) is 0.279. The maximum absolute atomic E-state index is 12.5. The van der Waals surface area contributed by atoms with Crippen LogP contribution in [0.25, 0.3) is 0 Å². The van der Waals surface area contributed by atoms with E-state index in [0.717, 1.165) is 29.0 Å². The van der Waals surface area contributed by atoms with Crippen molar-refractivity contribution in [2.45, 2.75) is 19.3 Å². The normalized spacial score (nSPS) is 18.0. The van der Waals surface area contributed by atoms with Gasteiger partial charge in [-0.25, -0.2) is 4.79 Å². The predicted octanol–water partition coefficient (Wildman–Crippen LogP) is 6.02. The van der Waals surface area contributed by atoms with Gasteiger partial charge in [-0.05, 0) is 78.9 Å². The summed E-state index contributed by atoms with van der Waals surface area (Å²) < 4.78 is 5.25. The van der Waals surface area contributed by atoms with Crippen LogP contribution in [0.4, 0.5) is 0 Å². The Morgan fingerprint density at radius 1 is 0.933 bits per heavy atom. The van der Waals surface area contributed by atoms with Crippen LogP contribution in [0.15, 0.2) is 78.0 Å². The van der Waals surface area contributed by atoms with Crippen molar-refractivity contribution in [1.29, 1.82) is 0 Å². The first-order valence-electron chi connectivity index (χ1n) is 9.81. The number of methoxy groups -OCH3 is 1. The van der Waals surface area contributed by atoms with E-state index in [1.165, 1.54) is 5.56 Å². The molecule has 4 rings (SSSR count). The molecule has 1 aliphatic carbocycles. The molecule has 0 amide bonds. The molecule has 152 valence electrons. The number of halogens is 1. The molecule has 30 heavy (non-hydrogen) atoms. The van der Waals surface area contributed by atoms with Gasteiger partial charge < -0.3 is 9.57 Å². The summed E-state index contributed by atoms with van der Waals surface area (Å²) in [6, 6.07) is 22.8. The van der Waals surface area contributed by atoms with Gasteiger partial charge in [-0.1, -0.05) is 46.6 Å². The number of aryl methyl sites for hydroxylation is 1. The number of hydrogen-bond donors (Lipinski definition) is 0. The van der Waals surface area contributed by atoms with Crippen LogP contribution in [0.5, 0.6) is 5.75 Å². The molecule has 3 aromatic carbocycles. The number of carbonyl (C=O) groups is 1. The predicted molar refractivity (Wildman–Crippen MR) is 118 cm³/mol. The molecule has 1 fully saturated rings. The molecule has 0 N–H and O–H groups in total. The van der Waals surface area contributed by atoms with Crippen LogP contribution < -0.4 is 4.74 Å². The highest BCUT2D eigenvalue weighted by molar-refractivity contribution is 6.30. The van der Waals surface area contributed by atoms with Gasteiger partial charge in [0.15, 0.2) is 0 Å². The molecule has 0 aromatic heterocycles. The second-order valence-corrected chi connectivity index (χ2v) is 7.89. The van der Waals surface area contributed by atoms with E-state index in [4.69, 9.17) is 21.2 Å². The highest BCUT2D eigenvalue weighted by Gasteiger charge is 2.43. The summed E-state index contributed by atoms with van der Waals surface area (Å²) in [5, 5.41) is 5.02. The fraction of sp³-hybridized carbons (Fsp3) is 0.200. The lowest BCUT2D eigenvalue weighted by Crippen LogP contribution is -2.09. The number of nitrogens with zero attached hydrogens (tertiary/aromatic N) is 1. The van der Waals surface area contributed by atoms with Crippen molar-refractivity contribution in [3.05, 3.63) is 100 Å². The Morgan fingerprint density at radius 2 is 1.57 bits per heavy atom. The van der Waals surface area contributed by atoms with E-state index < -0.39 is 5.97 Å². The highest BCUT2D eigenvalue weighted by atomic mass is 35.5. The maximum Gasteiger partial charge on any atom is 0.365 e. The molecule has 0 saturated heterocycles. The first-order valence-corrected chi connectivity index (χ1v) is 10.2. The fourth-order valence-electron chi connectivity index (χ4n) is 3.50. The lowest BCUT2D eigenvalue weighted by molar-refractivity contribution is 0.0515. The van der Waals surface area contributed by atoms with Crippen molar-refractivity contribution in [2.24, 2.45) is 11.1 Å². The van der Waals surface area contributed by atoms with Crippen LogP contribution in [-0.4, -0.2) is 18.8 Å². The minimum Gasteiger partial charge on any atom is -0.497 e. The largest absolute Gasteiger partial charge is 0.497 e. The van der Waals surface area contributed by atoms with Gasteiger partial charge in [0.25, 0.3) is 0 Å². The van der Waals surface area contributed by atoms with Crippen LogP contribution in [0.1, 0.15) is 39.4 Å². The molecule has 0 radical (unpaired) electrons. The maximum atomic E-state index is 12.5. The molecule has 1 aliphatic rings. The van der Waals surface area contributed by atoms with Crippen LogP contribution in [0.2, 0.25) is 5.02 Å². The van der Waals surface area contributed by atoms with Gasteiger partial charge in [0.2, 0.25) is 0 Å². The third-order valence-electron chi connectivity index (χ3n) is 5.34. The van der Waals surface area contributed by atoms with Crippen LogP contribution in [-0.2, 0) is 4.84 Å². The van der Waals surface area contributed by atoms with Crippen molar-refractivity contribution in [3.8, 4) is 5.75 Å². The highest BCUT2D eigenvalue weighted by Crippen LogP contribution is 2.49. The number of carbonyl (C=O) groups excluding carboxylic acids is 1. The summed E-state index contributed by atoms with van der Waals surface area (Å²) in [4.78, 5) is 17.8. The molecular formula is C25H22ClNO3. The first-order chi connectivity index (χ1) is 14.5. The Balaban J connectivity index is 1.58. The van der Waals surface area contributed by atoms with Crippen molar-refractivity contribution >= 4 is 23.3 Å². The van der Waals surface area contributed by atoms with E-state index in [9.17, 15) is 4.79 Å². The summed E-state index contributed by atoms with van der Waals surface area (Å²) in [6.07, 6.45) is 0.939. The molecule has 0 bridgehead atoms. The third-order valence-corrected chi connectivity index (χ3v) is 5.59. The fourth-order valence-corrected chi connectivity index (χ4v) is 3.63. The van der Waals surface area contributed by atoms with E-state index in [0.29, 0.717) is 16.5 Å². The van der Waals surface area contributed by atoms with Crippen molar-refractivity contribution < 1.29 is 14.4 Å². The Kier molecular flexibility index (Phi) is 5.86. The molecule has 4 nitrogen and oxygen atoms in total. The zero-order chi connectivity index (χ0) is 21.1. The molecule has 1 saturated carbocycles. The van der Waals surface area contributed by atoms with Gasteiger partial charge >= 0.3 is 5.97 Å². The number of benzene rings is 3. The van der Waals surface area contributed by atoms with Gasteiger partial charge in [0.1, 0.15) is 5.75 Å². The van der Waals surface area contributed by atoms with E-state index in [2.05, 4.69) is 5.16 Å². The van der Waals surface area contributed by atoms with Crippen LogP contribution >= 0.6 is 11.6 Å². The van der Waals surface area contributed by atoms with Crippen LogP contribution in [0, 0.1) is 12.8 Å². The van der Waals surface area contributed by atoms with Gasteiger partial charge in [0.05, 0.1) is 18.4 Å². The zero-order valence-corrected chi connectivity index (χ0v) is 17.6. The topological polar surface area (TPSA) is 47.9 Å². The summed E-state index contributed by atoms with van der Waals surface area (Å²) in [5.74, 6) is 0.788. The zero-order valence-electron chi connectivity index (χ0n) is 16.8. The smallest absolute Gasteiger partial charge is 0.365 e. The Morgan fingerprint density at radius 3 is 2.20 bits per heavy atom. The van der Waals surface area contributed by atoms with Gasteiger partial charge in [-0.2, -0.15) is 0 Å². The third kappa shape index (κ3) is 4.55. The monoisotopic (exact) mass is 419 g/mol. The molecule has 5 heteroatoms. The van der Waals surface area contributed by atoms with E-state index in [1.807, 2.05) is 67.6 Å².